The summed E-state index contributed by atoms with van der Waals surface area (Å²) >= 11 is 0. The molecule has 24 heavy (non-hydrogen) atoms. The molecule has 1 fully saturated rings. The molecule has 1 aliphatic rings. The maximum Gasteiger partial charge on any atom is 0.110 e. The predicted octanol–water partition coefficient (Wildman–Crippen LogP) is 3.41. The van der Waals surface area contributed by atoms with E-state index in [0.29, 0.717) is 6.04 Å². The van der Waals surface area contributed by atoms with Crippen molar-refractivity contribution in [2.24, 2.45) is 0 Å². The molecule has 1 aromatic heterocycles. The standard InChI is InChI=1S/C20H29N3O/c1-19(2)14-17(20(3,4)24-19)21-11-10-18-22-12-13-23(18)15-16-8-6-5-7-9-16/h5-9,12-13,17,21H,10-11,14-15H2,1-4H3/t17-/m1/s1. The SMILES string of the molecule is CC1(C)C[C@@H](NCCc2nccn2Cc2ccccc2)C(C)(C)O1. The fraction of sp³-hybridized carbons (Fsp3) is 0.550. The van der Waals surface area contributed by atoms with E-state index in [-0.39, 0.29) is 11.2 Å². The average Bonchev–Trinajstić information content (AvgIpc) is 3.01. The van der Waals surface area contributed by atoms with Crippen LogP contribution >= 0.6 is 0 Å². The fourth-order valence-corrected chi connectivity index (χ4v) is 3.73. The molecule has 3 rings (SSSR count). The molecule has 0 amide bonds. The quantitative estimate of drug-likeness (QED) is 0.884. The minimum absolute atomic E-state index is 0.0487. The van der Waals surface area contributed by atoms with Gasteiger partial charge in [0.2, 0.25) is 0 Å². The molecule has 2 heterocycles. The van der Waals surface area contributed by atoms with E-state index in [1.54, 1.807) is 0 Å². The van der Waals surface area contributed by atoms with Crippen molar-refractivity contribution in [1.29, 1.82) is 0 Å². The van der Waals surface area contributed by atoms with Crippen molar-refractivity contribution < 1.29 is 4.74 Å². The zero-order valence-electron chi connectivity index (χ0n) is 15.2. The van der Waals surface area contributed by atoms with Gasteiger partial charge in [0, 0.05) is 37.9 Å². The summed E-state index contributed by atoms with van der Waals surface area (Å²) in [5, 5.41) is 3.68. The fourth-order valence-electron chi connectivity index (χ4n) is 3.73. The third-order valence-electron chi connectivity index (χ3n) is 4.81. The molecule has 0 spiro atoms. The topological polar surface area (TPSA) is 39.1 Å². The molecule has 130 valence electrons. The first-order valence-electron chi connectivity index (χ1n) is 8.83. The summed E-state index contributed by atoms with van der Waals surface area (Å²) in [6.45, 7) is 10.5. The van der Waals surface area contributed by atoms with Gasteiger partial charge in [-0.3, -0.25) is 0 Å². The van der Waals surface area contributed by atoms with Crippen molar-refractivity contribution >= 4 is 0 Å². The zero-order chi connectivity index (χ0) is 17.2. The maximum absolute atomic E-state index is 6.16. The van der Waals surface area contributed by atoms with E-state index in [9.17, 15) is 0 Å². The molecule has 4 heteroatoms. The summed E-state index contributed by atoms with van der Waals surface area (Å²) < 4.78 is 8.39. The Morgan fingerprint density at radius 1 is 1.21 bits per heavy atom. The van der Waals surface area contributed by atoms with Crippen molar-refractivity contribution in [3.8, 4) is 0 Å². The first-order valence-corrected chi connectivity index (χ1v) is 8.83. The van der Waals surface area contributed by atoms with Crippen LogP contribution in [0.1, 0.15) is 45.5 Å². The lowest BCUT2D eigenvalue weighted by atomic mass is 9.94. The van der Waals surface area contributed by atoms with Gasteiger partial charge in [-0.15, -0.1) is 0 Å². The second kappa shape index (κ2) is 6.69. The normalized spacial score (nSPS) is 21.9. The molecule has 0 unspecified atom stereocenters. The third kappa shape index (κ3) is 4.05. The van der Waals surface area contributed by atoms with Gasteiger partial charge in [0.05, 0.1) is 11.2 Å². The molecular formula is C20H29N3O. The number of nitrogens with zero attached hydrogens (tertiary/aromatic N) is 2. The Morgan fingerprint density at radius 2 is 1.96 bits per heavy atom. The number of nitrogens with one attached hydrogen (secondary N) is 1. The average molecular weight is 327 g/mol. The summed E-state index contributed by atoms with van der Waals surface area (Å²) in [5.41, 5.74) is 1.13. The number of ether oxygens (including phenoxy) is 1. The molecule has 2 aromatic rings. The van der Waals surface area contributed by atoms with Crippen LogP contribution in [0.5, 0.6) is 0 Å². The van der Waals surface area contributed by atoms with Gasteiger partial charge in [0.15, 0.2) is 0 Å². The van der Waals surface area contributed by atoms with Gasteiger partial charge < -0.3 is 14.6 Å². The lowest BCUT2D eigenvalue weighted by Crippen LogP contribution is -2.44. The summed E-state index contributed by atoms with van der Waals surface area (Å²) in [6.07, 6.45) is 5.92. The van der Waals surface area contributed by atoms with Gasteiger partial charge >= 0.3 is 0 Å². The predicted molar refractivity (Wildman–Crippen MR) is 97.1 cm³/mol. The van der Waals surface area contributed by atoms with Crippen LogP contribution in [0.3, 0.4) is 0 Å². The van der Waals surface area contributed by atoms with Crippen LogP contribution in [0, 0.1) is 0 Å². The van der Waals surface area contributed by atoms with E-state index in [0.717, 1.165) is 31.8 Å². The molecule has 4 nitrogen and oxygen atoms in total. The monoisotopic (exact) mass is 327 g/mol. The number of aromatic nitrogens is 2. The number of hydrogen-bond acceptors (Lipinski definition) is 3. The first-order chi connectivity index (χ1) is 11.4. The van der Waals surface area contributed by atoms with Gasteiger partial charge in [-0.05, 0) is 39.7 Å². The molecule has 1 N–H and O–H groups in total. The van der Waals surface area contributed by atoms with Crippen LogP contribution in [0.4, 0.5) is 0 Å². The van der Waals surface area contributed by atoms with Crippen molar-refractivity contribution in [2.45, 2.75) is 64.3 Å². The summed E-state index contributed by atoms with van der Waals surface area (Å²) in [7, 11) is 0. The molecule has 1 aliphatic heterocycles. The number of benzene rings is 1. The molecule has 0 saturated carbocycles. The summed E-state index contributed by atoms with van der Waals surface area (Å²) in [6, 6.07) is 10.9. The van der Waals surface area contributed by atoms with Crippen molar-refractivity contribution in [3.05, 3.63) is 54.1 Å². The van der Waals surface area contributed by atoms with E-state index in [2.05, 4.69) is 79.1 Å². The van der Waals surface area contributed by atoms with Crippen molar-refractivity contribution in [3.63, 3.8) is 0 Å². The highest BCUT2D eigenvalue weighted by Gasteiger charge is 2.45. The molecule has 0 aliphatic carbocycles. The molecule has 1 atom stereocenters. The van der Waals surface area contributed by atoms with Crippen molar-refractivity contribution in [2.75, 3.05) is 6.54 Å². The number of rotatable bonds is 6. The van der Waals surface area contributed by atoms with E-state index in [1.807, 2.05) is 6.20 Å². The Balaban J connectivity index is 1.56. The van der Waals surface area contributed by atoms with E-state index in [4.69, 9.17) is 4.74 Å². The Bertz CT molecular complexity index is 661. The Labute approximate surface area is 145 Å². The second-order valence-corrected chi connectivity index (χ2v) is 7.88. The number of imidazole rings is 1. The first kappa shape index (κ1) is 17.2. The van der Waals surface area contributed by atoms with Crippen molar-refractivity contribution in [1.82, 2.24) is 14.9 Å². The number of hydrogen-bond donors (Lipinski definition) is 1. The molecular weight excluding hydrogens is 298 g/mol. The lowest BCUT2D eigenvalue weighted by molar-refractivity contribution is -0.0697. The lowest BCUT2D eigenvalue weighted by Gasteiger charge is -2.27. The Morgan fingerprint density at radius 3 is 2.62 bits per heavy atom. The van der Waals surface area contributed by atoms with Crippen LogP contribution in [0.25, 0.3) is 0 Å². The van der Waals surface area contributed by atoms with Crippen LogP contribution in [-0.4, -0.2) is 33.3 Å². The highest BCUT2D eigenvalue weighted by molar-refractivity contribution is 5.16. The summed E-state index contributed by atoms with van der Waals surface area (Å²) in [4.78, 5) is 4.53. The zero-order valence-corrected chi connectivity index (χ0v) is 15.2. The van der Waals surface area contributed by atoms with Gasteiger partial charge in [0.1, 0.15) is 5.82 Å². The second-order valence-electron chi connectivity index (χ2n) is 7.88. The maximum atomic E-state index is 6.16. The van der Waals surface area contributed by atoms with Gasteiger partial charge in [-0.2, -0.15) is 0 Å². The highest BCUT2D eigenvalue weighted by Crippen LogP contribution is 2.37. The van der Waals surface area contributed by atoms with Crippen LogP contribution in [0.2, 0.25) is 0 Å². The minimum atomic E-state index is -0.122. The summed E-state index contributed by atoms with van der Waals surface area (Å²) in [5.74, 6) is 1.13. The van der Waals surface area contributed by atoms with Crippen LogP contribution < -0.4 is 5.32 Å². The van der Waals surface area contributed by atoms with E-state index in [1.165, 1.54) is 5.56 Å². The molecule has 0 radical (unpaired) electrons. The Hall–Kier alpha value is -1.65. The largest absolute Gasteiger partial charge is 0.368 e. The molecule has 1 aromatic carbocycles. The van der Waals surface area contributed by atoms with Crippen LogP contribution in [0.15, 0.2) is 42.7 Å². The van der Waals surface area contributed by atoms with E-state index >= 15 is 0 Å². The highest BCUT2D eigenvalue weighted by atomic mass is 16.5. The smallest absolute Gasteiger partial charge is 0.110 e. The third-order valence-corrected chi connectivity index (χ3v) is 4.81. The molecule has 0 bridgehead atoms. The van der Waals surface area contributed by atoms with Crippen LogP contribution in [-0.2, 0) is 17.7 Å². The minimum Gasteiger partial charge on any atom is -0.368 e. The van der Waals surface area contributed by atoms with Gasteiger partial charge in [-0.1, -0.05) is 30.3 Å². The van der Waals surface area contributed by atoms with Gasteiger partial charge in [-0.25, -0.2) is 4.98 Å². The molecule has 1 saturated heterocycles. The van der Waals surface area contributed by atoms with E-state index < -0.39 is 0 Å². The van der Waals surface area contributed by atoms with Gasteiger partial charge in [0.25, 0.3) is 0 Å². The Kier molecular flexibility index (Phi) is 4.79.